The van der Waals surface area contributed by atoms with Gasteiger partial charge in [0.25, 0.3) is 10.2 Å². The van der Waals surface area contributed by atoms with E-state index < -0.39 is 34.6 Å². The van der Waals surface area contributed by atoms with Crippen molar-refractivity contribution in [1.29, 1.82) is 0 Å². The highest BCUT2D eigenvalue weighted by molar-refractivity contribution is 7.87. The fraction of sp³-hybridized carbons (Fsp3) is 1.00. The van der Waals surface area contributed by atoms with E-state index in [2.05, 4.69) is 4.72 Å². The van der Waals surface area contributed by atoms with Gasteiger partial charge >= 0.3 is 6.18 Å². The largest absolute Gasteiger partial charge is 0.415 e. The summed E-state index contributed by atoms with van der Waals surface area (Å²) in [6, 6.07) is -0.139. The molecule has 1 unspecified atom stereocenters. The van der Waals surface area contributed by atoms with Crippen molar-refractivity contribution in [1.82, 2.24) is 9.03 Å². The third-order valence-corrected chi connectivity index (χ3v) is 4.58. The number of nitrogens with zero attached hydrogens (tertiary/aromatic N) is 1. The summed E-state index contributed by atoms with van der Waals surface area (Å²) in [6.07, 6.45) is -5.21. The molecule has 0 radical (unpaired) electrons. The zero-order valence-electron chi connectivity index (χ0n) is 10.7. The van der Waals surface area contributed by atoms with E-state index in [-0.39, 0.29) is 12.6 Å². The van der Waals surface area contributed by atoms with Gasteiger partial charge < -0.3 is 4.74 Å². The predicted molar refractivity (Wildman–Crippen MR) is 61.7 cm³/mol. The maximum absolute atomic E-state index is 12.8. The Morgan fingerprint density at radius 2 is 1.89 bits per heavy atom. The van der Waals surface area contributed by atoms with Crippen LogP contribution in [-0.4, -0.2) is 49.7 Å². The Morgan fingerprint density at radius 3 is 2.37 bits per heavy atom. The Kier molecular flexibility index (Phi) is 3.62. The number of rotatable bonds is 3. The van der Waals surface area contributed by atoms with Gasteiger partial charge in [0, 0.05) is 12.6 Å². The Morgan fingerprint density at radius 1 is 1.32 bits per heavy atom. The summed E-state index contributed by atoms with van der Waals surface area (Å²) >= 11 is 0. The van der Waals surface area contributed by atoms with Crippen molar-refractivity contribution in [2.45, 2.75) is 50.6 Å². The molecular formula is C10H17F3N2O3S. The highest BCUT2D eigenvalue weighted by atomic mass is 32.2. The number of nitrogens with one attached hydrogen (secondary N) is 1. The standard InChI is InChI=1S/C10H17F3N2O3S/c1-9(2)6-15(5-8(18-9)10(11,12)13)19(16,17)14-7-3-4-7/h7-8,14H,3-6H2,1-2H3. The average molecular weight is 302 g/mol. The maximum Gasteiger partial charge on any atom is 0.415 e. The van der Waals surface area contributed by atoms with Crippen LogP contribution in [0.1, 0.15) is 26.7 Å². The molecule has 2 fully saturated rings. The number of ether oxygens (including phenoxy) is 1. The number of hydrogen-bond donors (Lipinski definition) is 1. The molecule has 1 saturated carbocycles. The first-order chi connectivity index (χ1) is 8.50. The zero-order valence-corrected chi connectivity index (χ0v) is 11.5. The van der Waals surface area contributed by atoms with Crippen LogP contribution in [0.25, 0.3) is 0 Å². The molecule has 1 heterocycles. The SMILES string of the molecule is CC1(C)CN(S(=O)(=O)NC2CC2)CC(C(F)(F)F)O1. The van der Waals surface area contributed by atoms with Gasteiger partial charge in [0.1, 0.15) is 0 Å². The van der Waals surface area contributed by atoms with Crippen LogP contribution in [0.15, 0.2) is 0 Å². The lowest BCUT2D eigenvalue weighted by Gasteiger charge is -2.42. The normalized spacial score (nSPS) is 29.4. The van der Waals surface area contributed by atoms with Crippen LogP contribution in [0, 0.1) is 0 Å². The van der Waals surface area contributed by atoms with Gasteiger partial charge in [-0.2, -0.15) is 30.6 Å². The molecule has 19 heavy (non-hydrogen) atoms. The lowest BCUT2D eigenvalue weighted by atomic mass is 10.1. The molecule has 0 aromatic carbocycles. The van der Waals surface area contributed by atoms with Crippen molar-refractivity contribution in [3.05, 3.63) is 0 Å². The van der Waals surface area contributed by atoms with Crippen molar-refractivity contribution in [2.75, 3.05) is 13.1 Å². The molecule has 1 aliphatic carbocycles. The summed E-state index contributed by atoms with van der Waals surface area (Å²) in [5, 5.41) is 0. The molecule has 1 N–H and O–H groups in total. The monoisotopic (exact) mass is 302 g/mol. The molecule has 1 saturated heterocycles. The quantitative estimate of drug-likeness (QED) is 0.847. The zero-order chi connectivity index (χ0) is 14.5. The molecule has 0 aromatic rings. The lowest BCUT2D eigenvalue weighted by molar-refractivity contribution is -0.265. The summed E-state index contributed by atoms with van der Waals surface area (Å²) in [6.45, 7) is 2.10. The van der Waals surface area contributed by atoms with Crippen molar-refractivity contribution < 1.29 is 26.3 Å². The van der Waals surface area contributed by atoms with Crippen LogP contribution in [0.3, 0.4) is 0 Å². The van der Waals surface area contributed by atoms with Crippen LogP contribution < -0.4 is 4.72 Å². The summed E-state index contributed by atoms with van der Waals surface area (Å²) in [7, 11) is -3.88. The van der Waals surface area contributed by atoms with E-state index in [4.69, 9.17) is 4.74 Å². The second-order valence-corrected chi connectivity index (χ2v) is 7.30. The molecule has 0 aromatic heterocycles. The molecule has 0 bridgehead atoms. The molecule has 1 aliphatic heterocycles. The van der Waals surface area contributed by atoms with E-state index in [0.717, 1.165) is 17.1 Å². The van der Waals surface area contributed by atoms with E-state index in [1.165, 1.54) is 13.8 Å². The fourth-order valence-corrected chi connectivity index (χ4v) is 3.59. The molecule has 2 rings (SSSR count). The molecular weight excluding hydrogens is 285 g/mol. The van der Waals surface area contributed by atoms with Crippen molar-refractivity contribution in [3.63, 3.8) is 0 Å². The minimum atomic E-state index is -4.58. The first kappa shape index (κ1) is 15.0. The van der Waals surface area contributed by atoms with Crippen LogP contribution in [0.4, 0.5) is 13.2 Å². The number of alkyl halides is 3. The first-order valence-electron chi connectivity index (χ1n) is 6.01. The highest BCUT2D eigenvalue weighted by Gasteiger charge is 2.50. The Labute approximate surface area is 110 Å². The maximum atomic E-state index is 12.8. The number of hydrogen-bond acceptors (Lipinski definition) is 3. The van der Waals surface area contributed by atoms with Gasteiger partial charge in [-0.05, 0) is 26.7 Å². The Hall–Kier alpha value is -0.380. The van der Waals surface area contributed by atoms with Crippen molar-refractivity contribution >= 4 is 10.2 Å². The molecule has 5 nitrogen and oxygen atoms in total. The molecule has 0 amide bonds. The van der Waals surface area contributed by atoms with Crippen LogP contribution in [0.2, 0.25) is 0 Å². The first-order valence-corrected chi connectivity index (χ1v) is 7.45. The van der Waals surface area contributed by atoms with Gasteiger partial charge in [-0.15, -0.1) is 0 Å². The van der Waals surface area contributed by atoms with E-state index in [1.54, 1.807) is 0 Å². The van der Waals surface area contributed by atoms with E-state index in [1.807, 2.05) is 0 Å². The minimum absolute atomic E-state index is 0.0956. The minimum Gasteiger partial charge on any atom is -0.360 e. The third-order valence-electron chi connectivity index (χ3n) is 2.99. The molecule has 0 spiro atoms. The Balaban J connectivity index is 2.15. The Bertz CT molecular complexity index is 445. The van der Waals surface area contributed by atoms with Crippen LogP contribution in [-0.2, 0) is 14.9 Å². The van der Waals surface area contributed by atoms with Gasteiger partial charge in [-0.25, -0.2) is 0 Å². The predicted octanol–water partition coefficient (Wildman–Crippen LogP) is 1.02. The van der Waals surface area contributed by atoms with Crippen LogP contribution >= 0.6 is 0 Å². The van der Waals surface area contributed by atoms with Gasteiger partial charge in [0.2, 0.25) is 0 Å². The van der Waals surface area contributed by atoms with Gasteiger partial charge in [-0.1, -0.05) is 0 Å². The third kappa shape index (κ3) is 3.80. The van der Waals surface area contributed by atoms with Gasteiger partial charge in [0.05, 0.1) is 12.1 Å². The van der Waals surface area contributed by atoms with E-state index in [9.17, 15) is 21.6 Å². The summed E-state index contributed by atoms with van der Waals surface area (Å²) in [4.78, 5) is 0. The summed E-state index contributed by atoms with van der Waals surface area (Å²) < 4.78 is 70.4. The molecule has 112 valence electrons. The fourth-order valence-electron chi connectivity index (χ4n) is 1.97. The highest BCUT2D eigenvalue weighted by Crippen LogP contribution is 2.33. The molecule has 1 atom stereocenters. The summed E-state index contributed by atoms with van der Waals surface area (Å²) in [5.41, 5.74) is -1.17. The van der Waals surface area contributed by atoms with Gasteiger partial charge in [-0.3, -0.25) is 0 Å². The van der Waals surface area contributed by atoms with Crippen molar-refractivity contribution in [3.8, 4) is 0 Å². The second-order valence-electron chi connectivity index (χ2n) is 5.60. The van der Waals surface area contributed by atoms with E-state index >= 15 is 0 Å². The molecule has 2 aliphatic rings. The number of halogens is 3. The smallest absolute Gasteiger partial charge is 0.360 e. The lowest BCUT2D eigenvalue weighted by Crippen LogP contribution is -2.60. The van der Waals surface area contributed by atoms with Crippen molar-refractivity contribution in [2.24, 2.45) is 0 Å². The van der Waals surface area contributed by atoms with Crippen LogP contribution in [0.5, 0.6) is 0 Å². The average Bonchev–Trinajstić information content (AvgIpc) is 2.97. The van der Waals surface area contributed by atoms with Gasteiger partial charge in [0.15, 0.2) is 6.10 Å². The number of morpholine rings is 1. The second kappa shape index (κ2) is 4.57. The molecule has 9 heteroatoms. The van der Waals surface area contributed by atoms with E-state index in [0.29, 0.717) is 0 Å². The summed E-state index contributed by atoms with van der Waals surface area (Å²) in [5.74, 6) is 0. The topological polar surface area (TPSA) is 58.6 Å².